The van der Waals surface area contributed by atoms with Gasteiger partial charge in [-0.15, -0.1) is 0 Å². The van der Waals surface area contributed by atoms with Crippen LogP contribution in [0.4, 0.5) is 0 Å². The average molecular weight is 156 g/mol. The molecule has 66 valence electrons. The van der Waals surface area contributed by atoms with Gasteiger partial charge in [0.15, 0.2) is 0 Å². The van der Waals surface area contributed by atoms with Gasteiger partial charge >= 0.3 is 0 Å². The zero-order valence-electron chi connectivity index (χ0n) is 7.71. The minimum Gasteiger partial charge on any atom is -0.390 e. The zero-order valence-corrected chi connectivity index (χ0v) is 7.71. The van der Waals surface area contributed by atoms with E-state index in [2.05, 4.69) is 18.8 Å². The minimum absolute atomic E-state index is 0.745. The van der Waals surface area contributed by atoms with Crippen molar-refractivity contribution in [2.24, 2.45) is 16.6 Å². The summed E-state index contributed by atoms with van der Waals surface area (Å²) in [6.45, 7) is 5.35. The lowest BCUT2D eigenvalue weighted by Gasteiger charge is -2.09. The Morgan fingerprint density at radius 2 is 2.18 bits per heavy atom. The second kappa shape index (κ2) is 7.58. The van der Waals surface area contributed by atoms with E-state index in [0.29, 0.717) is 0 Å². The highest BCUT2D eigenvalue weighted by Crippen LogP contribution is 2.12. The van der Waals surface area contributed by atoms with Crippen LogP contribution in [0.2, 0.25) is 0 Å². The minimum atomic E-state index is 0.745. The lowest BCUT2D eigenvalue weighted by Crippen LogP contribution is -2.04. The summed E-state index contributed by atoms with van der Waals surface area (Å²) in [5, 5.41) is 0. The molecule has 0 heterocycles. The Bertz CT molecular complexity index is 99.7. The first-order chi connectivity index (χ1) is 5.35. The third-order valence-electron chi connectivity index (χ3n) is 2.01. The van der Waals surface area contributed by atoms with Gasteiger partial charge in [-0.3, -0.25) is 4.99 Å². The second-order valence-electron chi connectivity index (χ2n) is 2.93. The van der Waals surface area contributed by atoms with Crippen molar-refractivity contribution in [2.75, 3.05) is 6.54 Å². The highest BCUT2D eigenvalue weighted by Gasteiger charge is 2.02. The topological polar surface area (TPSA) is 38.4 Å². The van der Waals surface area contributed by atoms with Crippen LogP contribution in [-0.2, 0) is 0 Å². The Hall–Kier alpha value is -0.530. The summed E-state index contributed by atoms with van der Waals surface area (Å²) < 4.78 is 0. The number of rotatable bonds is 6. The monoisotopic (exact) mass is 156 g/mol. The normalized spacial score (nSPS) is 14.0. The van der Waals surface area contributed by atoms with Gasteiger partial charge in [-0.05, 0) is 12.3 Å². The number of unbranched alkanes of at least 4 members (excludes halogenated alkanes) is 1. The molecule has 0 aromatic rings. The molecule has 1 atom stereocenters. The van der Waals surface area contributed by atoms with Gasteiger partial charge in [-0.1, -0.05) is 33.1 Å². The maximum atomic E-state index is 5.17. The van der Waals surface area contributed by atoms with Gasteiger partial charge in [0.25, 0.3) is 0 Å². The maximum Gasteiger partial charge on any atom is 0.0797 e. The number of nitrogens with two attached hydrogens (primary N) is 1. The lowest BCUT2D eigenvalue weighted by molar-refractivity contribution is 0.463. The van der Waals surface area contributed by atoms with Gasteiger partial charge < -0.3 is 5.73 Å². The van der Waals surface area contributed by atoms with Crippen LogP contribution in [-0.4, -0.2) is 12.9 Å². The molecule has 0 radical (unpaired) electrons. The SMILES string of the molecule is CCCCC(CC)CN=CN. The fourth-order valence-electron chi connectivity index (χ4n) is 1.13. The molecule has 0 bridgehead atoms. The first-order valence-electron chi connectivity index (χ1n) is 4.55. The van der Waals surface area contributed by atoms with Crippen molar-refractivity contribution in [2.45, 2.75) is 39.5 Å². The van der Waals surface area contributed by atoms with E-state index in [1.54, 1.807) is 0 Å². The Balaban J connectivity index is 3.40. The highest BCUT2D eigenvalue weighted by atomic mass is 14.8. The third kappa shape index (κ3) is 5.89. The second-order valence-corrected chi connectivity index (χ2v) is 2.93. The van der Waals surface area contributed by atoms with E-state index in [0.717, 1.165) is 12.5 Å². The fourth-order valence-corrected chi connectivity index (χ4v) is 1.13. The quantitative estimate of drug-likeness (QED) is 0.464. The van der Waals surface area contributed by atoms with Gasteiger partial charge in [0.05, 0.1) is 6.34 Å². The molecule has 2 N–H and O–H groups in total. The standard InChI is InChI=1S/C9H20N2/c1-3-5-6-9(4-2)7-11-8-10/h8-9H,3-7H2,1-2H3,(H2,10,11). The Labute approximate surface area is 69.9 Å². The summed E-state index contributed by atoms with van der Waals surface area (Å²) in [5.41, 5.74) is 5.17. The van der Waals surface area contributed by atoms with Crippen molar-refractivity contribution in [1.82, 2.24) is 0 Å². The van der Waals surface area contributed by atoms with Crippen molar-refractivity contribution in [3.8, 4) is 0 Å². The van der Waals surface area contributed by atoms with Crippen LogP contribution in [0, 0.1) is 5.92 Å². The molecular formula is C9H20N2. The predicted molar refractivity (Wildman–Crippen MR) is 50.9 cm³/mol. The molecule has 0 amide bonds. The Kier molecular flexibility index (Phi) is 7.21. The molecular weight excluding hydrogens is 136 g/mol. The van der Waals surface area contributed by atoms with Crippen LogP contribution >= 0.6 is 0 Å². The lowest BCUT2D eigenvalue weighted by atomic mass is 10.00. The van der Waals surface area contributed by atoms with E-state index < -0.39 is 0 Å². The van der Waals surface area contributed by atoms with E-state index in [9.17, 15) is 0 Å². The summed E-state index contributed by atoms with van der Waals surface area (Å²) >= 11 is 0. The molecule has 0 saturated carbocycles. The van der Waals surface area contributed by atoms with E-state index in [4.69, 9.17) is 5.73 Å². The Morgan fingerprint density at radius 3 is 2.64 bits per heavy atom. The van der Waals surface area contributed by atoms with Gasteiger partial charge in [0.1, 0.15) is 0 Å². The van der Waals surface area contributed by atoms with E-state index in [-0.39, 0.29) is 0 Å². The van der Waals surface area contributed by atoms with E-state index in [1.165, 1.54) is 32.0 Å². The van der Waals surface area contributed by atoms with Crippen molar-refractivity contribution in [3.05, 3.63) is 0 Å². The van der Waals surface area contributed by atoms with E-state index in [1.807, 2.05) is 0 Å². The third-order valence-corrected chi connectivity index (χ3v) is 2.01. The predicted octanol–water partition coefficient (Wildman–Crippen LogP) is 2.19. The number of hydrogen-bond acceptors (Lipinski definition) is 1. The fraction of sp³-hybridized carbons (Fsp3) is 0.889. The molecule has 2 heteroatoms. The molecule has 0 saturated heterocycles. The van der Waals surface area contributed by atoms with Crippen molar-refractivity contribution >= 4 is 6.34 Å². The van der Waals surface area contributed by atoms with Gasteiger partial charge in [-0.2, -0.15) is 0 Å². The first kappa shape index (κ1) is 10.5. The largest absolute Gasteiger partial charge is 0.390 e. The summed E-state index contributed by atoms with van der Waals surface area (Å²) in [4.78, 5) is 4.05. The van der Waals surface area contributed by atoms with Gasteiger partial charge in [0, 0.05) is 6.54 Å². The van der Waals surface area contributed by atoms with Crippen LogP contribution in [0.1, 0.15) is 39.5 Å². The molecule has 1 unspecified atom stereocenters. The molecule has 0 rings (SSSR count). The summed E-state index contributed by atoms with van der Waals surface area (Å²) in [6.07, 6.45) is 6.53. The van der Waals surface area contributed by atoms with Crippen molar-refractivity contribution < 1.29 is 0 Å². The van der Waals surface area contributed by atoms with Crippen LogP contribution in [0.3, 0.4) is 0 Å². The molecule has 0 fully saturated rings. The summed E-state index contributed by atoms with van der Waals surface area (Å²) in [6, 6.07) is 0. The van der Waals surface area contributed by atoms with Crippen LogP contribution < -0.4 is 5.73 Å². The molecule has 0 aromatic heterocycles. The number of aliphatic imine (C=N–C) groups is 1. The smallest absolute Gasteiger partial charge is 0.0797 e. The number of hydrogen-bond donors (Lipinski definition) is 1. The molecule has 11 heavy (non-hydrogen) atoms. The zero-order chi connectivity index (χ0) is 8.53. The van der Waals surface area contributed by atoms with Gasteiger partial charge in [-0.25, -0.2) is 0 Å². The van der Waals surface area contributed by atoms with Crippen LogP contribution in [0.15, 0.2) is 4.99 Å². The molecule has 0 aromatic carbocycles. The van der Waals surface area contributed by atoms with Crippen LogP contribution in [0.25, 0.3) is 0 Å². The molecule has 0 aliphatic heterocycles. The van der Waals surface area contributed by atoms with Crippen molar-refractivity contribution in [3.63, 3.8) is 0 Å². The first-order valence-corrected chi connectivity index (χ1v) is 4.55. The maximum absolute atomic E-state index is 5.17. The summed E-state index contributed by atoms with van der Waals surface area (Å²) in [5.74, 6) is 0.745. The number of nitrogens with zero attached hydrogens (tertiary/aromatic N) is 1. The van der Waals surface area contributed by atoms with E-state index >= 15 is 0 Å². The van der Waals surface area contributed by atoms with Crippen LogP contribution in [0.5, 0.6) is 0 Å². The Morgan fingerprint density at radius 1 is 1.45 bits per heavy atom. The van der Waals surface area contributed by atoms with Crippen molar-refractivity contribution in [1.29, 1.82) is 0 Å². The van der Waals surface area contributed by atoms with Gasteiger partial charge in [0.2, 0.25) is 0 Å². The molecule has 0 aliphatic rings. The molecule has 0 spiro atoms. The molecule has 2 nitrogen and oxygen atoms in total. The highest BCUT2D eigenvalue weighted by molar-refractivity contribution is 5.51. The molecule has 0 aliphatic carbocycles. The summed E-state index contributed by atoms with van der Waals surface area (Å²) in [7, 11) is 0. The average Bonchev–Trinajstić information content (AvgIpc) is 2.05.